The van der Waals surface area contributed by atoms with Crippen molar-refractivity contribution in [2.45, 2.75) is 51.8 Å². The highest BCUT2D eigenvalue weighted by atomic mass is 16.5. The van der Waals surface area contributed by atoms with Crippen molar-refractivity contribution in [1.82, 2.24) is 19.9 Å². The molecule has 1 aliphatic rings. The second kappa shape index (κ2) is 9.64. The van der Waals surface area contributed by atoms with Gasteiger partial charge in [-0.25, -0.2) is 0 Å². The number of H-pyrrole nitrogens is 1. The van der Waals surface area contributed by atoms with Gasteiger partial charge in [-0.1, -0.05) is 37.6 Å². The van der Waals surface area contributed by atoms with E-state index in [-0.39, 0.29) is 11.8 Å². The van der Waals surface area contributed by atoms with E-state index in [1.165, 1.54) is 31.5 Å². The summed E-state index contributed by atoms with van der Waals surface area (Å²) in [5.41, 5.74) is 16.9. The Bertz CT molecular complexity index is 1010. The number of aromatic nitrogens is 3. The molecule has 8 heteroatoms. The normalized spacial score (nSPS) is 15.6. The maximum Gasteiger partial charge on any atom is 0.319 e. The van der Waals surface area contributed by atoms with E-state index in [1.54, 1.807) is 0 Å². The highest BCUT2D eigenvalue weighted by Crippen LogP contribution is 2.30. The summed E-state index contributed by atoms with van der Waals surface area (Å²) in [7, 11) is 0. The van der Waals surface area contributed by atoms with Crippen molar-refractivity contribution in [2.75, 3.05) is 25.4 Å². The maximum atomic E-state index is 10.1. The fraction of sp³-hybridized carbons (Fsp3) is 0.478. The lowest BCUT2D eigenvalue weighted by atomic mass is 10.0. The Morgan fingerprint density at radius 1 is 1.16 bits per heavy atom. The van der Waals surface area contributed by atoms with Crippen LogP contribution >= 0.6 is 0 Å². The summed E-state index contributed by atoms with van der Waals surface area (Å²) in [5.74, 6) is 0.283. The van der Waals surface area contributed by atoms with Crippen molar-refractivity contribution in [3.05, 3.63) is 46.6 Å². The molecular formula is C23H32N6O2. The second-order valence-electron chi connectivity index (χ2n) is 8.26. The number of fused-ring (bicyclic) bond motifs is 1. The van der Waals surface area contributed by atoms with Gasteiger partial charge in [0.25, 0.3) is 0 Å². The monoisotopic (exact) mass is 424 g/mol. The molecule has 1 unspecified atom stereocenters. The van der Waals surface area contributed by atoms with E-state index < -0.39 is 6.23 Å². The largest absolute Gasteiger partial charge is 0.463 e. The summed E-state index contributed by atoms with van der Waals surface area (Å²) in [5, 5.41) is 10.1. The molecular weight excluding hydrogens is 392 g/mol. The molecule has 2 aromatic heterocycles. The number of rotatable bonds is 9. The number of anilines is 1. The van der Waals surface area contributed by atoms with Crippen LogP contribution in [0.2, 0.25) is 0 Å². The highest BCUT2D eigenvalue weighted by molar-refractivity contribution is 5.89. The number of nitrogens with one attached hydrogen (secondary N) is 1. The number of nitrogen functional groups attached to an aromatic ring is 1. The predicted octanol–water partition coefficient (Wildman–Crippen LogP) is 2.86. The molecule has 3 heterocycles. The van der Waals surface area contributed by atoms with Gasteiger partial charge < -0.3 is 26.3 Å². The molecule has 166 valence electrons. The van der Waals surface area contributed by atoms with Gasteiger partial charge in [-0.2, -0.15) is 9.97 Å². The highest BCUT2D eigenvalue weighted by Gasteiger charge is 2.21. The predicted molar refractivity (Wildman–Crippen MR) is 122 cm³/mol. The standard InChI is InChI=1S/C23H32N6O2/c1-2-3-12-31-23-27-18-17(19(22(25)30)26-20(18)21(24)28-23)13-15-6-8-16(9-7-15)14-29-10-4-5-11-29/h6-9,22,26,30H,2-5,10-14,25H2,1H3,(H2,24,27,28). The molecule has 0 amide bonds. The molecule has 8 nitrogen and oxygen atoms in total. The lowest BCUT2D eigenvalue weighted by Crippen LogP contribution is -2.18. The molecule has 1 saturated heterocycles. The van der Waals surface area contributed by atoms with E-state index in [9.17, 15) is 5.11 Å². The first-order chi connectivity index (χ1) is 15.0. The first kappa shape index (κ1) is 21.5. The average Bonchev–Trinajstić information content (AvgIpc) is 3.38. The average molecular weight is 425 g/mol. The maximum absolute atomic E-state index is 10.1. The van der Waals surface area contributed by atoms with Crippen LogP contribution in [0.1, 0.15) is 61.2 Å². The number of benzene rings is 1. The van der Waals surface area contributed by atoms with Crippen LogP contribution in [0.25, 0.3) is 11.0 Å². The number of aromatic amines is 1. The number of hydrogen-bond acceptors (Lipinski definition) is 7. The number of ether oxygens (including phenoxy) is 1. The zero-order valence-corrected chi connectivity index (χ0v) is 18.1. The molecule has 3 aromatic rings. The van der Waals surface area contributed by atoms with Gasteiger partial charge in [0.1, 0.15) is 17.3 Å². The van der Waals surface area contributed by atoms with Gasteiger partial charge in [0, 0.05) is 18.5 Å². The minimum absolute atomic E-state index is 0.248. The summed E-state index contributed by atoms with van der Waals surface area (Å²) in [6.45, 7) is 5.98. The molecule has 1 aliphatic heterocycles. The number of likely N-dealkylation sites (tertiary alicyclic amines) is 1. The van der Waals surface area contributed by atoms with Gasteiger partial charge >= 0.3 is 6.01 Å². The Morgan fingerprint density at radius 2 is 1.87 bits per heavy atom. The lowest BCUT2D eigenvalue weighted by molar-refractivity contribution is 0.181. The molecule has 6 N–H and O–H groups in total. The number of aliphatic hydroxyl groups excluding tert-OH is 1. The van der Waals surface area contributed by atoms with Crippen molar-refractivity contribution in [1.29, 1.82) is 0 Å². The summed E-state index contributed by atoms with van der Waals surface area (Å²) in [6.07, 6.45) is 3.92. The summed E-state index contributed by atoms with van der Waals surface area (Å²) in [4.78, 5) is 14.4. The Hall–Kier alpha value is -2.68. The first-order valence-corrected chi connectivity index (χ1v) is 11.1. The van der Waals surface area contributed by atoms with Gasteiger partial charge in [0.2, 0.25) is 0 Å². The SMILES string of the molecule is CCCCOc1nc(N)c2[nH]c(C(N)O)c(Cc3ccc(CN4CCCC4)cc3)c2n1. The second-order valence-corrected chi connectivity index (χ2v) is 8.26. The number of nitrogens with two attached hydrogens (primary N) is 2. The third-order valence-electron chi connectivity index (χ3n) is 5.82. The van der Waals surface area contributed by atoms with Gasteiger partial charge in [-0.15, -0.1) is 0 Å². The molecule has 1 fully saturated rings. The fourth-order valence-electron chi connectivity index (χ4n) is 4.11. The van der Waals surface area contributed by atoms with E-state index in [0.717, 1.165) is 30.5 Å². The molecule has 0 radical (unpaired) electrons. The van der Waals surface area contributed by atoms with Crippen LogP contribution in [0.15, 0.2) is 24.3 Å². The van der Waals surface area contributed by atoms with Gasteiger partial charge in [0.15, 0.2) is 5.82 Å². The van der Waals surface area contributed by atoms with Gasteiger partial charge in [-0.3, -0.25) is 4.90 Å². The first-order valence-electron chi connectivity index (χ1n) is 11.1. The van der Waals surface area contributed by atoms with E-state index >= 15 is 0 Å². The third kappa shape index (κ3) is 4.98. The van der Waals surface area contributed by atoms with Gasteiger partial charge in [0.05, 0.1) is 12.3 Å². The van der Waals surface area contributed by atoms with Crippen LogP contribution in [0, 0.1) is 0 Å². The van der Waals surface area contributed by atoms with Crippen LogP contribution in [0.4, 0.5) is 5.82 Å². The molecule has 0 bridgehead atoms. The summed E-state index contributed by atoms with van der Waals surface area (Å²) in [6, 6.07) is 8.84. The molecule has 4 rings (SSSR count). The minimum Gasteiger partial charge on any atom is -0.463 e. The molecule has 1 aromatic carbocycles. The zero-order valence-electron chi connectivity index (χ0n) is 18.1. The molecule has 1 atom stereocenters. The minimum atomic E-state index is -1.16. The van der Waals surface area contributed by atoms with Crippen molar-refractivity contribution in [3.8, 4) is 6.01 Å². The molecule has 0 saturated carbocycles. The van der Waals surface area contributed by atoms with E-state index in [1.807, 2.05) is 0 Å². The van der Waals surface area contributed by atoms with Gasteiger partial charge in [-0.05, 0) is 43.5 Å². The molecule has 31 heavy (non-hydrogen) atoms. The van der Waals surface area contributed by atoms with Crippen LogP contribution in [-0.4, -0.2) is 44.7 Å². The Labute approximate surface area is 182 Å². The fourth-order valence-corrected chi connectivity index (χ4v) is 4.11. The number of unbranched alkanes of at least 4 members (excludes halogenated alkanes) is 1. The van der Waals surface area contributed by atoms with Crippen molar-refractivity contribution in [2.24, 2.45) is 5.73 Å². The molecule has 0 aliphatic carbocycles. The van der Waals surface area contributed by atoms with Crippen molar-refractivity contribution < 1.29 is 9.84 Å². The smallest absolute Gasteiger partial charge is 0.319 e. The Kier molecular flexibility index (Phi) is 6.70. The number of aliphatic hydroxyl groups is 1. The van der Waals surface area contributed by atoms with Crippen LogP contribution in [-0.2, 0) is 13.0 Å². The summed E-state index contributed by atoms with van der Waals surface area (Å²) >= 11 is 0. The topological polar surface area (TPSA) is 126 Å². The third-order valence-corrected chi connectivity index (χ3v) is 5.82. The van der Waals surface area contributed by atoms with Crippen LogP contribution in [0.3, 0.4) is 0 Å². The van der Waals surface area contributed by atoms with Crippen LogP contribution < -0.4 is 16.2 Å². The van der Waals surface area contributed by atoms with E-state index in [4.69, 9.17) is 16.2 Å². The van der Waals surface area contributed by atoms with Crippen LogP contribution in [0.5, 0.6) is 6.01 Å². The Balaban J connectivity index is 1.60. The number of hydrogen-bond donors (Lipinski definition) is 4. The van der Waals surface area contributed by atoms with E-state index in [0.29, 0.717) is 29.8 Å². The lowest BCUT2D eigenvalue weighted by Gasteiger charge is -2.15. The molecule has 0 spiro atoms. The zero-order chi connectivity index (χ0) is 21.8. The quantitative estimate of drug-likeness (QED) is 0.307. The van der Waals surface area contributed by atoms with E-state index in [2.05, 4.69) is 51.0 Å². The summed E-state index contributed by atoms with van der Waals surface area (Å²) < 4.78 is 5.67. The van der Waals surface area contributed by atoms with Crippen molar-refractivity contribution >= 4 is 16.9 Å². The van der Waals surface area contributed by atoms with Crippen molar-refractivity contribution in [3.63, 3.8) is 0 Å². The Morgan fingerprint density at radius 3 is 2.55 bits per heavy atom. The number of nitrogens with zero attached hydrogens (tertiary/aromatic N) is 3.